The van der Waals surface area contributed by atoms with Gasteiger partial charge >= 0.3 is 0 Å². The lowest BCUT2D eigenvalue weighted by molar-refractivity contribution is 0.259. The highest BCUT2D eigenvalue weighted by molar-refractivity contribution is 6.26. The van der Waals surface area contributed by atoms with E-state index in [1.54, 1.807) is 7.11 Å². The van der Waals surface area contributed by atoms with Crippen LogP contribution in [0.25, 0.3) is 32.3 Å². The summed E-state index contributed by atoms with van der Waals surface area (Å²) in [6, 6.07) is 13.2. The van der Waals surface area contributed by atoms with Crippen molar-refractivity contribution in [3.63, 3.8) is 0 Å². The molecule has 0 fully saturated rings. The molecular weight excluding hydrogens is 685 g/mol. The molecular formula is C49H74O6. The summed E-state index contributed by atoms with van der Waals surface area (Å²) in [5.41, 5.74) is 0. The molecule has 0 saturated carbocycles. The predicted molar refractivity (Wildman–Crippen MR) is 234 cm³/mol. The number of fused-ring (bicyclic) bond motifs is 6. The van der Waals surface area contributed by atoms with Crippen molar-refractivity contribution in [3.05, 3.63) is 36.4 Å². The van der Waals surface area contributed by atoms with E-state index in [-0.39, 0.29) is 0 Å². The third kappa shape index (κ3) is 13.6. The summed E-state index contributed by atoms with van der Waals surface area (Å²) < 4.78 is 38.8. The van der Waals surface area contributed by atoms with E-state index in [9.17, 15) is 0 Å². The summed E-state index contributed by atoms with van der Waals surface area (Å²) >= 11 is 0. The van der Waals surface area contributed by atoms with Gasteiger partial charge in [0.15, 0.2) is 34.5 Å². The molecule has 4 aromatic carbocycles. The number of hydrogen-bond acceptors (Lipinski definition) is 6. The molecule has 4 aromatic rings. The average Bonchev–Trinajstić information content (AvgIpc) is 3.20. The summed E-state index contributed by atoms with van der Waals surface area (Å²) in [6.07, 6.45) is 23.0. The van der Waals surface area contributed by atoms with Gasteiger partial charge in [0.1, 0.15) is 0 Å². The molecule has 6 heteroatoms. The zero-order valence-corrected chi connectivity index (χ0v) is 35.6. The largest absolute Gasteiger partial charge is 0.493 e. The van der Waals surface area contributed by atoms with Crippen molar-refractivity contribution in [2.45, 2.75) is 163 Å². The van der Waals surface area contributed by atoms with Gasteiger partial charge in [-0.15, -0.1) is 0 Å². The highest BCUT2D eigenvalue weighted by Gasteiger charge is 2.20. The van der Waals surface area contributed by atoms with Crippen LogP contribution in [0.1, 0.15) is 163 Å². The van der Waals surface area contributed by atoms with Crippen molar-refractivity contribution in [3.8, 4) is 34.5 Å². The van der Waals surface area contributed by atoms with Gasteiger partial charge in [-0.25, -0.2) is 0 Å². The molecule has 0 aromatic heterocycles. The van der Waals surface area contributed by atoms with Gasteiger partial charge in [0.2, 0.25) is 0 Å². The third-order valence-electron chi connectivity index (χ3n) is 10.6. The van der Waals surface area contributed by atoms with Crippen LogP contribution in [0.5, 0.6) is 34.5 Å². The minimum absolute atomic E-state index is 0.657. The number of hydrogen-bond donors (Lipinski definition) is 0. The van der Waals surface area contributed by atoms with Crippen LogP contribution in [0.3, 0.4) is 0 Å². The standard InChI is InChI=1S/C49H74O6/c1-7-12-17-22-27-51-45-33-39-38(32-44(45)50-6)40-34-46(52-28-23-18-13-8-2)48(54-30-25-20-15-10-4)36-42(40)43-37-49(55-31-26-21-16-11-5)47(35-41(39)43)53-29-24-19-14-9-3/h32-37H,7-31H2,1-6H3. The van der Waals surface area contributed by atoms with Gasteiger partial charge in [-0.1, -0.05) is 131 Å². The second-order valence-electron chi connectivity index (χ2n) is 15.3. The van der Waals surface area contributed by atoms with Gasteiger partial charge < -0.3 is 28.4 Å². The van der Waals surface area contributed by atoms with Crippen LogP contribution in [-0.2, 0) is 0 Å². The molecule has 55 heavy (non-hydrogen) atoms. The fraction of sp³-hybridized carbons (Fsp3) is 0.633. The van der Waals surface area contributed by atoms with Crippen LogP contribution in [0, 0.1) is 0 Å². The Balaban J connectivity index is 1.92. The van der Waals surface area contributed by atoms with E-state index in [2.05, 4.69) is 71.0 Å². The Morgan fingerprint density at radius 3 is 0.673 bits per heavy atom. The zero-order valence-electron chi connectivity index (χ0n) is 35.6. The van der Waals surface area contributed by atoms with E-state index in [1.165, 1.54) is 64.2 Å². The lowest BCUT2D eigenvalue weighted by Crippen LogP contribution is -2.04. The molecule has 0 heterocycles. The number of unbranched alkanes of at least 4 members (excludes halogenated alkanes) is 15. The van der Waals surface area contributed by atoms with Gasteiger partial charge in [0.25, 0.3) is 0 Å². The van der Waals surface area contributed by atoms with Crippen molar-refractivity contribution >= 4 is 32.3 Å². The van der Waals surface area contributed by atoms with Gasteiger partial charge in [-0.05, 0) is 101 Å². The Kier molecular flexibility index (Phi) is 20.6. The van der Waals surface area contributed by atoms with Gasteiger partial charge in [-0.3, -0.25) is 0 Å². The molecule has 0 saturated heterocycles. The SMILES string of the molecule is CCCCCCOc1cc2c(cc1OC)c1cc(OCCCCCC)c(OCCCCCC)cc1c1cc(OCCCCCC)c(OCCCCCC)cc21. The Labute approximate surface area is 333 Å². The Morgan fingerprint density at radius 1 is 0.273 bits per heavy atom. The number of ether oxygens (including phenoxy) is 6. The van der Waals surface area contributed by atoms with Gasteiger partial charge in [-0.2, -0.15) is 0 Å². The lowest BCUT2D eigenvalue weighted by Gasteiger charge is -2.20. The minimum atomic E-state index is 0.657. The topological polar surface area (TPSA) is 55.4 Å². The third-order valence-corrected chi connectivity index (χ3v) is 10.6. The molecule has 0 aliphatic rings. The highest BCUT2D eigenvalue weighted by Crippen LogP contribution is 2.47. The monoisotopic (exact) mass is 759 g/mol. The van der Waals surface area contributed by atoms with Crippen LogP contribution in [0.15, 0.2) is 36.4 Å². The van der Waals surface area contributed by atoms with Crippen molar-refractivity contribution in [2.75, 3.05) is 40.1 Å². The normalized spacial score (nSPS) is 11.5. The summed E-state index contributed by atoms with van der Waals surface area (Å²) in [5.74, 6) is 4.72. The minimum Gasteiger partial charge on any atom is -0.493 e. The summed E-state index contributed by atoms with van der Waals surface area (Å²) in [5, 5.41) is 6.59. The Morgan fingerprint density at radius 2 is 0.473 bits per heavy atom. The average molecular weight is 759 g/mol. The van der Waals surface area contributed by atoms with E-state index in [1.807, 2.05) is 0 Å². The fourth-order valence-corrected chi connectivity index (χ4v) is 7.30. The van der Waals surface area contributed by atoms with E-state index in [0.29, 0.717) is 33.0 Å². The Bertz CT molecular complexity index is 1630. The smallest absolute Gasteiger partial charge is 0.161 e. The fourth-order valence-electron chi connectivity index (χ4n) is 7.30. The van der Waals surface area contributed by atoms with E-state index in [0.717, 1.165) is 131 Å². The van der Waals surface area contributed by atoms with Crippen LogP contribution in [-0.4, -0.2) is 40.1 Å². The number of benzene rings is 4. The molecule has 306 valence electrons. The first-order valence-corrected chi connectivity index (χ1v) is 22.3. The number of rotatable bonds is 31. The van der Waals surface area contributed by atoms with Gasteiger partial charge in [0.05, 0.1) is 40.1 Å². The predicted octanol–water partition coefficient (Wildman–Crippen LogP) is 15.0. The number of methoxy groups -OCH3 is 1. The summed E-state index contributed by atoms with van der Waals surface area (Å²) in [6.45, 7) is 14.5. The van der Waals surface area contributed by atoms with Crippen molar-refractivity contribution in [1.82, 2.24) is 0 Å². The second kappa shape index (κ2) is 25.6. The molecule has 0 bridgehead atoms. The lowest BCUT2D eigenvalue weighted by atomic mass is 9.93. The highest BCUT2D eigenvalue weighted by atomic mass is 16.5. The zero-order chi connectivity index (χ0) is 39.1. The summed E-state index contributed by atoms with van der Waals surface area (Å²) in [4.78, 5) is 0. The summed E-state index contributed by atoms with van der Waals surface area (Å²) in [7, 11) is 1.73. The molecule has 0 amide bonds. The maximum atomic E-state index is 6.59. The van der Waals surface area contributed by atoms with Gasteiger partial charge in [0, 0.05) is 0 Å². The molecule has 0 atom stereocenters. The quantitative estimate of drug-likeness (QED) is 0.0376. The maximum absolute atomic E-state index is 6.59. The van der Waals surface area contributed by atoms with E-state index < -0.39 is 0 Å². The van der Waals surface area contributed by atoms with Crippen LogP contribution < -0.4 is 28.4 Å². The van der Waals surface area contributed by atoms with Crippen LogP contribution in [0.2, 0.25) is 0 Å². The first-order valence-electron chi connectivity index (χ1n) is 22.3. The molecule has 0 unspecified atom stereocenters. The van der Waals surface area contributed by atoms with Crippen molar-refractivity contribution < 1.29 is 28.4 Å². The first kappa shape index (κ1) is 44.2. The maximum Gasteiger partial charge on any atom is 0.161 e. The first-order chi connectivity index (χ1) is 27.1. The van der Waals surface area contributed by atoms with E-state index in [4.69, 9.17) is 28.4 Å². The molecule has 0 radical (unpaired) electrons. The molecule has 0 spiro atoms. The second-order valence-corrected chi connectivity index (χ2v) is 15.3. The van der Waals surface area contributed by atoms with E-state index >= 15 is 0 Å². The molecule has 6 nitrogen and oxygen atoms in total. The molecule has 0 aliphatic carbocycles. The van der Waals surface area contributed by atoms with Crippen molar-refractivity contribution in [2.24, 2.45) is 0 Å². The molecule has 0 N–H and O–H groups in total. The molecule has 4 rings (SSSR count). The van der Waals surface area contributed by atoms with Crippen LogP contribution in [0.4, 0.5) is 0 Å². The molecule has 0 aliphatic heterocycles. The van der Waals surface area contributed by atoms with Crippen LogP contribution >= 0.6 is 0 Å². The van der Waals surface area contributed by atoms with Crippen molar-refractivity contribution in [1.29, 1.82) is 0 Å². The Hall–Kier alpha value is -3.54.